The molecule has 1 unspecified atom stereocenters. The summed E-state index contributed by atoms with van der Waals surface area (Å²) in [4.78, 5) is 16.7. The number of para-hydroxylation sites is 3. The van der Waals surface area contributed by atoms with E-state index in [1.54, 1.807) is 0 Å². The Balaban J connectivity index is 1.21. The molecule has 4 heteroatoms. The molecule has 0 saturated carbocycles. The molecule has 0 amide bonds. The van der Waals surface area contributed by atoms with Crippen LogP contribution in [0.3, 0.4) is 0 Å². The molecular formula is C47H38N2O2. The standard InChI is InChI=1S/C47H38N2O2/c1-2-47(50)51-35-46(38-25-31-44(32-26-38)48(40-17-9-4-10-18-40)41-19-11-5-12-20-41)39-27-33-45(34-28-39)49(42-21-13-6-14-22-42)43-29-23-37(24-30-43)36-15-7-3-8-16-36/h2-34,46H,1,35H2. The van der Waals surface area contributed by atoms with Gasteiger partial charge in [0.05, 0.1) is 0 Å². The lowest BCUT2D eigenvalue weighted by atomic mass is 9.91. The van der Waals surface area contributed by atoms with Gasteiger partial charge in [0.25, 0.3) is 0 Å². The number of ether oxygens (including phenoxy) is 1. The number of benzene rings is 7. The molecule has 0 aliphatic carbocycles. The van der Waals surface area contributed by atoms with E-state index in [0.29, 0.717) is 0 Å². The average Bonchev–Trinajstić information content (AvgIpc) is 3.21. The smallest absolute Gasteiger partial charge is 0.330 e. The third-order valence-electron chi connectivity index (χ3n) is 8.94. The van der Waals surface area contributed by atoms with Crippen molar-refractivity contribution in [1.29, 1.82) is 0 Å². The Morgan fingerprint density at radius 2 is 0.765 bits per heavy atom. The molecule has 248 valence electrons. The van der Waals surface area contributed by atoms with E-state index in [1.807, 2.05) is 48.5 Å². The van der Waals surface area contributed by atoms with Crippen molar-refractivity contribution in [2.24, 2.45) is 0 Å². The van der Waals surface area contributed by atoms with Crippen LogP contribution < -0.4 is 9.80 Å². The maximum absolute atomic E-state index is 12.3. The van der Waals surface area contributed by atoms with Crippen LogP contribution in [0.4, 0.5) is 34.1 Å². The molecule has 7 aromatic carbocycles. The van der Waals surface area contributed by atoms with Crippen LogP contribution in [0.25, 0.3) is 11.1 Å². The van der Waals surface area contributed by atoms with Crippen LogP contribution in [-0.4, -0.2) is 12.6 Å². The van der Waals surface area contributed by atoms with Gasteiger partial charge >= 0.3 is 5.97 Å². The minimum atomic E-state index is -0.443. The second-order valence-corrected chi connectivity index (χ2v) is 12.2. The van der Waals surface area contributed by atoms with Crippen molar-refractivity contribution in [1.82, 2.24) is 0 Å². The summed E-state index contributed by atoms with van der Waals surface area (Å²) < 4.78 is 5.66. The summed E-state index contributed by atoms with van der Waals surface area (Å²) in [7, 11) is 0. The van der Waals surface area contributed by atoms with E-state index in [2.05, 4.69) is 162 Å². The van der Waals surface area contributed by atoms with Crippen molar-refractivity contribution in [3.8, 4) is 11.1 Å². The summed E-state index contributed by atoms with van der Waals surface area (Å²) in [6, 6.07) is 67.1. The Hall–Kier alpha value is -6.65. The van der Waals surface area contributed by atoms with Crippen molar-refractivity contribution in [3.63, 3.8) is 0 Å². The predicted molar refractivity (Wildman–Crippen MR) is 211 cm³/mol. The second-order valence-electron chi connectivity index (χ2n) is 12.2. The van der Waals surface area contributed by atoms with E-state index in [9.17, 15) is 4.79 Å². The zero-order chi connectivity index (χ0) is 34.8. The monoisotopic (exact) mass is 662 g/mol. The molecule has 0 aliphatic heterocycles. The van der Waals surface area contributed by atoms with Gasteiger partial charge in [-0.1, -0.05) is 128 Å². The zero-order valence-electron chi connectivity index (χ0n) is 28.3. The van der Waals surface area contributed by atoms with E-state index in [1.165, 1.54) is 17.2 Å². The van der Waals surface area contributed by atoms with Gasteiger partial charge in [0.2, 0.25) is 0 Å². The highest BCUT2D eigenvalue weighted by molar-refractivity contribution is 5.81. The van der Waals surface area contributed by atoms with Crippen LogP contribution in [0.1, 0.15) is 17.0 Å². The highest BCUT2D eigenvalue weighted by Gasteiger charge is 2.20. The van der Waals surface area contributed by atoms with E-state index < -0.39 is 5.97 Å². The van der Waals surface area contributed by atoms with Crippen molar-refractivity contribution in [3.05, 3.63) is 218 Å². The Bertz CT molecular complexity index is 2110. The molecule has 0 heterocycles. The number of hydrogen-bond donors (Lipinski definition) is 0. The molecule has 0 N–H and O–H groups in total. The number of carbonyl (C=O) groups excluding carboxylic acids is 1. The van der Waals surface area contributed by atoms with Crippen LogP contribution in [0, 0.1) is 0 Å². The molecule has 7 aromatic rings. The molecule has 1 atom stereocenters. The fraction of sp³-hybridized carbons (Fsp3) is 0.0426. The Morgan fingerprint density at radius 1 is 0.451 bits per heavy atom. The van der Waals surface area contributed by atoms with E-state index >= 15 is 0 Å². The van der Waals surface area contributed by atoms with Gasteiger partial charge in [-0.25, -0.2) is 4.79 Å². The van der Waals surface area contributed by atoms with Crippen molar-refractivity contribution in [2.45, 2.75) is 5.92 Å². The van der Waals surface area contributed by atoms with Crippen molar-refractivity contribution in [2.75, 3.05) is 16.4 Å². The Morgan fingerprint density at radius 3 is 1.14 bits per heavy atom. The highest BCUT2D eigenvalue weighted by Crippen LogP contribution is 2.38. The van der Waals surface area contributed by atoms with E-state index in [0.717, 1.165) is 45.3 Å². The van der Waals surface area contributed by atoms with Gasteiger partial charge in [-0.05, 0) is 95.1 Å². The molecule has 4 nitrogen and oxygen atoms in total. The Labute approximate surface area is 300 Å². The third kappa shape index (κ3) is 7.66. The Kier molecular flexibility index (Phi) is 10.1. The first kappa shape index (κ1) is 32.9. The molecule has 0 bridgehead atoms. The van der Waals surface area contributed by atoms with Gasteiger partial charge in [-0.2, -0.15) is 0 Å². The molecular weight excluding hydrogens is 625 g/mol. The SMILES string of the molecule is C=CC(=O)OCC(c1ccc(N(c2ccccc2)c2ccccc2)cc1)c1ccc(N(c2ccccc2)c2ccc(-c3ccccc3)cc2)cc1. The number of carbonyl (C=O) groups is 1. The van der Waals surface area contributed by atoms with Crippen molar-refractivity contribution >= 4 is 40.1 Å². The maximum atomic E-state index is 12.3. The highest BCUT2D eigenvalue weighted by atomic mass is 16.5. The first-order chi connectivity index (χ1) is 25.2. The molecule has 51 heavy (non-hydrogen) atoms. The summed E-state index contributed by atoms with van der Waals surface area (Å²) >= 11 is 0. The molecule has 0 fully saturated rings. The molecule has 0 saturated heterocycles. The molecule has 0 radical (unpaired) electrons. The fourth-order valence-corrected chi connectivity index (χ4v) is 6.38. The number of esters is 1. The lowest BCUT2D eigenvalue weighted by Gasteiger charge is -2.27. The van der Waals surface area contributed by atoms with Crippen molar-refractivity contribution < 1.29 is 9.53 Å². The third-order valence-corrected chi connectivity index (χ3v) is 8.94. The minimum absolute atomic E-state index is 0.186. The van der Waals surface area contributed by atoms with Gasteiger partial charge in [0.1, 0.15) is 6.61 Å². The molecule has 7 rings (SSSR count). The van der Waals surface area contributed by atoms with Gasteiger partial charge in [0, 0.05) is 46.1 Å². The van der Waals surface area contributed by atoms with Crippen LogP contribution in [-0.2, 0) is 9.53 Å². The van der Waals surface area contributed by atoms with Gasteiger partial charge in [-0.3, -0.25) is 0 Å². The average molecular weight is 663 g/mol. The zero-order valence-corrected chi connectivity index (χ0v) is 28.3. The van der Waals surface area contributed by atoms with Gasteiger partial charge < -0.3 is 14.5 Å². The summed E-state index contributed by atoms with van der Waals surface area (Å²) in [5.41, 5.74) is 10.8. The normalized spacial score (nSPS) is 11.3. The summed E-state index contributed by atoms with van der Waals surface area (Å²) in [5.74, 6) is -0.629. The lowest BCUT2D eigenvalue weighted by Crippen LogP contribution is -2.14. The van der Waals surface area contributed by atoms with Gasteiger partial charge in [0.15, 0.2) is 0 Å². The molecule has 0 aliphatic rings. The minimum Gasteiger partial charge on any atom is -0.462 e. The van der Waals surface area contributed by atoms with Crippen LogP contribution in [0.2, 0.25) is 0 Å². The largest absolute Gasteiger partial charge is 0.462 e. The molecule has 0 aromatic heterocycles. The van der Waals surface area contributed by atoms with E-state index in [4.69, 9.17) is 4.74 Å². The quantitative estimate of drug-likeness (QED) is 0.0963. The lowest BCUT2D eigenvalue weighted by molar-refractivity contribution is -0.138. The first-order valence-electron chi connectivity index (χ1n) is 17.1. The number of anilines is 6. The topological polar surface area (TPSA) is 32.8 Å². The van der Waals surface area contributed by atoms with E-state index in [-0.39, 0.29) is 12.5 Å². The number of rotatable bonds is 12. The fourth-order valence-electron chi connectivity index (χ4n) is 6.38. The molecule has 0 spiro atoms. The summed E-state index contributed by atoms with van der Waals surface area (Å²) in [5, 5.41) is 0. The summed E-state index contributed by atoms with van der Waals surface area (Å²) in [6.07, 6.45) is 1.21. The summed E-state index contributed by atoms with van der Waals surface area (Å²) in [6.45, 7) is 3.79. The first-order valence-corrected chi connectivity index (χ1v) is 17.1. The maximum Gasteiger partial charge on any atom is 0.330 e. The number of hydrogen-bond acceptors (Lipinski definition) is 4. The van der Waals surface area contributed by atoms with Crippen LogP contribution in [0.5, 0.6) is 0 Å². The number of nitrogens with zero attached hydrogens (tertiary/aromatic N) is 2. The van der Waals surface area contributed by atoms with Crippen LogP contribution in [0.15, 0.2) is 207 Å². The van der Waals surface area contributed by atoms with Crippen LogP contribution >= 0.6 is 0 Å². The second kappa shape index (κ2) is 15.7. The van der Waals surface area contributed by atoms with Gasteiger partial charge in [-0.15, -0.1) is 0 Å². The predicted octanol–water partition coefficient (Wildman–Crippen LogP) is 12.2.